The Hall–Kier alpha value is -2.58. The van der Waals surface area contributed by atoms with E-state index in [1.807, 2.05) is 43.9 Å². The van der Waals surface area contributed by atoms with E-state index in [4.69, 9.17) is 0 Å². The number of piperazine rings is 1. The van der Waals surface area contributed by atoms with Gasteiger partial charge in [0.2, 0.25) is 0 Å². The Balaban J connectivity index is 1.69. The van der Waals surface area contributed by atoms with Crippen molar-refractivity contribution in [3.63, 3.8) is 0 Å². The molecule has 0 saturated carbocycles. The van der Waals surface area contributed by atoms with Crippen molar-refractivity contribution in [3.8, 4) is 0 Å². The van der Waals surface area contributed by atoms with Crippen molar-refractivity contribution in [1.29, 1.82) is 0 Å². The second kappa shape index (κ2) is 9.96. The van der Waals surface area contributed by atoms with E-state index in [0.717, 1.165) is 63.4 Å². The number of anilines is 2. The smallest absolute Gasteiger partial charge is 0.262 e. The summed E-state index contributed by atoms with van der Waals surface area (Å²) in [6.07, 6.45) is 1.99. The standard InChI is InChI=1S/C26H36N4O3S/c1-18-7-11-30(12-8-18)26(31)23-17-22(5-6-24(23)29-13-9-27-10-14-29)28-34(32,33)25-20(3)15-19(2)16-21(25)4/h5-6,15-18,27-28H,7-14H2,1-4H3. The second-order valence-corrected chi connectivity index (χ2v) is 11.4. The molecule has 2 fully saturated rings. The molecule has 2 aliphatic rings. The van der Waals surface area contributed by atoms with Gasteiger partial charge in [-0.1, -0.05) is 24.6 Å². The summed E-state index contributed by atoms with van der Waals surface area (Å²) in [6, 6.07) is 9.12. The second-order valence-electron chi connectivity index (χ2n) is 9.78. The van der Waals surface area contributed by atoms with Gasteiger partial charge in [-0.3, -0.25) is 9.52 Å². The third-order valence-electron chi connectivity index (χ3n) is 6.88. The fourth-order valence-corrected chi connectivity index (χ4v) is 6.64. The number of rotatable bonds is 5. The van der Waals surface area contributed by atoms with Crippen molar-refractivity contribution in [2.75, 3.05) is 48.9 Å². The van der Waals surface area contributed by atoms with Gasteiger partial charge in [0.05, 0.1) is 10.5 Å². The van der Waals surface area contributed by atoms with Crippen molar-refractivity contribution >= 4 is 27.3 Å². The maximum Gasteiger partial charge on any atom is 0.262 e. The van der Waals surface area contributed by atoms with E-state index in [0.29, 0.717) is 33.2 Å². The zero-order chi connectivity index (χ0) is 24.5. The van der Waals surface area contributed by atoms with Gasteiger partial charge in [0, 0.05) is 50.6 Å². The van der Waals surface area contributed by atoms with Crippen LogP contribution in [0.4, 0.5) is 11.4 Å². The van der Waals surface area contributed by atoms with Gasteiger partial charge in [-0.15, -0.1) is 0 Å². The van der Waals surface area contributed by atoms with Gasteiger partial charge < -0.3 is 15.1 Å². The number of piperidine rings is 1. The zero-order valence-corrected chi connectivity index (χ0v) is 21.5. The number of carbonyl (C=O) groups excluding carboxylic acids is 1. The topological polar surface area (TPSA) is 81.8 Å². The van der Waals surface area contributed by atoms with Gasteiger partial charge in [-0.05, 0) is 68.9 Å². The van der Waals surface area contributed by atoms with E-state index in [1.54, 1.807) is 12.1 Å². The molecule has 34 heavy (non-hydrogen) atoms. The van der Waals surface area contributed by atoms with Crippen LogP contribution in [0.3, 0.4) is 0 Å². The highest BCUT2D eigenvalue weighted by atomic mass is 32.2. The number of benzene rings is 2. The van der Waals surface area contributed by atoms with Crippen LogP contribution in [-0.2, 0) is 10.0 Å². The molecule has 2 heterocycles. The molecule has 0 atom stereocenters. The van der Waals surface area contributed by atoms with Crippen LogP contribution in [0.15, 0.2) is 35.2 Å². The molecular formula is C26H36N4O3S. The summed E-state index contributed by atoms with van der Waals surface area (Å²) in [5.41, 5.74) is 4.29. The van der Waals surface area contributed by atoms with Crippen molar-refractivity contribution in [1.82, 2.24) is 10.2 Å². The van der Waals surface area contributed by atoms with Crippen molar-refractivity contribution in [2.45, 2.75) is 45.4 Å². The molecule has 2 saturated heterocycles. The molecule has 2 aromatic carbocycles. The van der Waals surface area contributed by atoms with Gasteiger partial charge in [-0.2, -0.15) is 0 Å². The van der Waals surface area contributed by atoms with Gasteiger partial charge in [0.25, 0.3) is 15.9 Å². The molecule has 8 heteroatoms. The first-order valence-corrected chi connectivity index (χ1v) is 13.6. The van der Waals surface area contributed by atoms with Crippen LogP contribution in [0, 0.1) is 26.7 Å². The molecular weight excluding hydrogens is 448 g/mol. The lowest BCUT2D eigenvalue weighted by molar-refractivity contribution is 0.0698. The molecule has 0 radical (unpaired) electrons. The molecule has 2 aromatic rings. The summed E-state index contributed by atoms with van der Waals surface area (Å²) in [4.78, 5) is 18.0. The molecule has 184 valence electrons. The van der Waals surface area contributed by atoms with Crippen molar-refractivity contribution in [2.24, 2.45) is 5.92 Å². The zero-order valence-electron chi connectivity index (χ0n) is 20.6. The first-order chi connectivity index (χ1) is 16.2. The van der Waals surface area contributed by atoms with Gasteiger partial charge in [0.15, 0.2) is 0 Å². The predicted molar refractivity (Wildman–Crippen MR) is 137 cm³/mol. The molecule has 2 aliphatic heterocycles. The number of hydrogen-bond donors (Lipinski definition) is 2. The van der Waals surface area contributed by atoms with Crippen LogP contribution in [0.1, 0.15) is 46.8 Å². The number of aryl methyl sites for hydroxylation is 3. The minimum absolute atomic E-state index is 0.0239. The van der Waals surface area contributed by atoms with Crippen LogP contribution in [0.2, 0.25) is 0 Å². The minimum atomic E-state index is -3.80. The number of carbonyl (C=O) groups is 1. The summed E-state index contributed by atoms with van der Waals surface area (Å²) in [6.45, 7) is 12.6. The van der Waals surface area contributed by atoms with E-state index in [-0.39, 0.29) is 5.91 Å². The van der Waals surface area contributed by atoms with Crippen molar-refractivity contribution in [3.05, 3.63) is 52.6 Å². The quantitative estimate of drug-likeness (QED) is 0.676. The van der Waals surface area contributed by atoms with Crippen LogP contribution >= 0.6 is 0 Å². The number of amides is 1. The van der Waals surface area contributed by atoms with E-state index in [1.165, 1.54) is 0 Å². The lowest BCUT2D eigenvalue weighted by Crippen LogP contribution is -2.45. The summed E-state index contributed by atoms with van der Waals surface area (Å²) in [7, 11) is -3.80. The molecule has 0 spiro atoms. The van der Waals surface area contributed by atoms with Gasteiger partial charge >= 0.3 is 0 Å². The summed E-state index contributed by atoms with van der Waals surface area (Å²) in [5.74, 6) is 0.597. The SMILES string of the molecule is Cc1cc(C)c(S(=O)(=O)Nc2ccc(N3CCNCC3)c(C(=O)N3CCC(C)CC3)c2)c(C)c1. The van der Waals surface area contributed by atoms with E-state index < -0.39 is 10.0 Å². The Bertz CT molecular complexity index is 1140. The van der Waals surface area contributed by atoms with Crippen LogP contribution in [0.5, 0.6) is 0 Å². The largest absolute Gasteiger partial charge is 0.368 e. The van der Waals surface area contributed by atoms with Crippen molar-refractivity contribution < 1.29 is 13.2 Å². The van der Waals surface area contributed by atoms with Crippen LogP contribution < -0.4 is 14.9 Å². The summed E-state index contributed by atoms with van der Waals surface area (Å²) < 4.78 is 29.4. The number of hydrogen-bond acceptors (Lipinski definition) is 5. The van der Waals surface area contributed by atoms with E-state index in [9.17, 15) is 13.2 Å². The molecule has 0 aliphatic carbocycles. The Labute approximate surface area is 203 Å². The molecule has 0 unspecified atom stereocenters. The van der Waals surface area contributed by atoms with E-state index >= 15 is 0 Å². The first-order valence-electron chi connectivity index (χ1n) is 12.2. The first kappa shape index (κ1) is 24.5. The number of nitrogens with one attached hydrogen (secondary N) is 2. The predicted octanol–water partition coefficient (Wildman–Crippen LogP) is 3.69. The lowest BCUT2D eigenvalue weighted by Gasteiger charge is -2.34. The third-order valence-corrected chi connectivity index (χ3v) is 8.57. The fraction of sp³-hybridized carbons (Fsp3) is 0.500. The average Bonchev–Trinajstić information content (AvgIpc) is 2.78. The highest BCUT2D eigenvalue weighted by Crippen LogP contribution is 2.30. The Morgan fingerprint density at radius 1 is 0.971 bits per heavy atom. The highest BCUT2D eigenvalue weighted by Gasteiger charge is 2.27. The Kier molecular flexibility index (Phi) is 7.19. The summed E-state index contributed by atoms with van der Waals surface area (Å²) in [5, 5.41) is 3.35. The molecule has 4 rings (SSSR count). The number of likely N-dealkylation sites (tertiary alicyclic amines) is 1. The fourth-order valence-electron chi connectivity index (χ4n) is 5.13. The normalized spacial score (nSPS) is 17.6. The Morgan fingerprint density at radius 3 is 2.21 bits per heavy atom. The number of sulfonamides is 1. The van der Waals surface area contributed by atoms with Crippen LogP contribution in [0.25, 0.3) is 0 Å². The molecule has 1 amide bonds. The maximum absolute atomic E-state index is 13.6. The molecule has 0 aromatic heterocycles. The van der Waals surface area contributed by atoms with Crippen LogP contribution in [-0.4, -0.2) is 58.5 Å². The third kappa shape index (κ3) is 5.23. The monoisotopic (exact) mass is 484 g/mol. The van der Waals surface area contributed by atoms with E-state index in [2.05, 4.69) is 21.9 Å². The summed E-state index contributed by atoms with van der Waals surface area (Å²) >= 11 is 0. The Morgan fingerprint density at radius 2 is 1.59 bits per heavy atom. The molecule has 7 nitrogen and oxygen atoms in total. The highest BCUT2D eigenvalue weighted by molar-refractivity contribution is 7.92. The maximum atomic E-state index is 13.6. The van der Waals surface area contributed by atoms with Gasteiger partial charge in [0.1, 0.15) is 0 Å². The van der Waals surface area contributed by atoms with Gasteiger partial charge in [-0.25, -0.2) is 8.42 Å². The minimum Gasteiger partial charge on any atom is -0.368 e. The molecule has 0 bridgehead atoms. The number of nitrogens with zero attached hydrogens (tertiary/aromatic N) is 2. The molecule has 2 N–H and O–H groups in total. The average molecular weight is 485 g/mol. The lowest BCUT2D eigenvalue weighted by atomic mass is 9.98.